The van der Waals surface area contributed by atoms with Gasteiger partial charge in [-0.3, -0.25) is 0 Å². The minimum atomic E-state index is 0.0338. The summed E-state index contributed by atoms with van der Waals surface area (Å²) in [5.41, 5.74) is 7.08. The Morgan fingerprint density at radius 2 is 1.95 bits per heavy atom. The second-order valence-corrected chi connectivity index (χ2v) is 7.81. The number of hydrogen-bond acceptors (Lipinski definition) is 2. The summed E-state index contributed by atoms with van der Waals surface area (Å²) in [6.07, 6.45) is 4.11. The Morgan fingerprint density at radius 1 is 1.24 bits per heavy atom. The van der Waals surface area contributed by atoms with Crippen LogP contribution in [0.2, 0.25) is 0 Å². The number of nitrogens with two attached hydrogens (primary N) is 1. The molecule has 0 radical (unpaired) electrons. The van der Waals surface area contributed by atoms with E-state index in [4.69, 9.17) is 10.5 Å². The van der Waals surface area contributed by atoms with Gasteiger partial charge in [-0.15, -0.1) is 0 Å². The number of halogens is 1. The molecule has 3 unspecified atom stereocenters. The molecule has 2 rings (SSSR count). The molecule has 118 valence electrons. The van der Waals surface area contributed by atoms with Crippen LogP contribution in [0.25, 0.3) is 0 Å². The zero-order chi connectivity index (χ0) is 15.6. The average molecular weight is 354 g/mol. The zero-order valence-electron chi connectivity index (χ0n) is 13.6. The van der Waals surface area contributed by atoms with Gasteiger partial charge in [0.15, 0.2) is 0 Å². The van der Waals surface area contributed by atoms with Gasteiger partial charge in [-0.2, -0.15) is 0 Å². The molecule has 0 heterocycles. The average Bonchev–Trinajstić information content (AvgIpc) is 2.37. The molecule has 1 saturated carbocycles. The molecule has 2 nitrogen and oxygen atoms in total. The lowest BCUT2D eigenvalue weighted by Gasteiger charge is -2.37. The van der Waals surface area contributed by atoms with Crippen molar-refractivity contribution in [1.82, 2.24) is 0 Å². The Morgan fingerprint density at radius 3 is 2.52 bits per heavy atom. The summed E-state index contributed by atoms with van der Waals surface area (Å²) >= 11 is 3.61. The van der Waals surface area contributed by atoms with Crippen LogP contribution in [0.4, 0.5) is 0 Å². The van der Waals surface area contributed by atoms with Crippen molar-refractivity contribution >= 4 is 15.9 Å². The number of benzene rings is 1. The molecule has 4 atom stereocenters. The molecule has 1 aromatic rings. The van der Waals surface area contributed by atoms with E-state index >= 15 is 0 Å². The summed E-state index contributed by atoms with van der Waals surface area (Å²) in [6.45, 7) is 8.96. The highest BCUT2D eigenvalue weighted by Gasteiger charge is 2.32. The standard InChI is InChI=1S/C18H28BrNO/c1-11(2)15-7-5-12(3)9-18(15)21-14-6-8-16(13(4)20)17(19)10-14/h6,8,10-13,15,18H,5,7,9,20H2,1-4H3/t12?,13-,15?,18?/m0/s1. The van der Waals surface area contributed by atoms with Gasteiger partial charge in [0.2, 0.25) is 0 Å². The lowest BCUT2D eigenvalue weighted by atomic mass is 9.75. The summed E-state index contributed by atoms with van der Waals surface area (Å²) in [4.78, 5) is 0. The minimum Gasteiger partial charge on any atom is -0.490 e. The van der Waals surface area contributed by atoms with Crippen molar-refractivity contribution in [3.8, 4) is 5.75 Å². The fourth-order valence-corrected chi connectivity index (χ4v) is 4.09. The normalized spacial score (nSPS) is 27.7. The molecule has 0 aromatic heterocycles. The highest BCUT2D eigenvalue weighted by Crippen LogP contribution is 2.37. The maximum Gasteiger partial charge on any atom is 0.120 e. The zero-order valence-corrected chi connectivity index (χ0v) is 15.2. The molecule has 0 amide bonds. The maximum absolute atomic E-state index is 6.34. The van der Waals surface area contributed by atoms with Crippen molar-refractivity contribution < 1.29 is 4.74 Å². The fourth-order valence-electron chi connectivity index (χ4n) is 3.38. The first-order valence-corrected chi connectivity index (χ1v) is 8.89. The van der Waals surface area contributed by atoms with E-state index in [9.17, 15) is 0 Å². The SMILES string of the molecule is CC1CCC(C(C)C)C(Oc2ccc([C@H](C)N)c(Br)c2)C1. The van der Waals surface area contributed by atoms with Gasteiger partial charge in [0, 0.05) is 10.5 Å². The molecular formula is C18H28BrNO. The van der Waals surface area contributed by atoms with Gasteiger partial charge < -0.3 is 10.5 Å². The molecule has 1 aromatic carbocycles. The van der Waals surface area contributed by atoms with Crippen molar-refractivity contribution in [3.63, 3.8) is 0 Å². The summed E-state index contributed by atoms with van der Waals surface area (Å²) in [6, 6.07) is 6.22. The maximum atomic E-state index is 6.34. The van der Waals surface area contributed by atoms with E-state index in [1.807, 2.05) is 6.92 Å². The number of rotatable bonds is 4. The first-order chi connectivity index (χ1) is 9.88. The third kappa shape index (κ3) is 4.23. The molecular weight excluding hydrogens is 326 g/mol. The van der Waals surface area contributed by atoms with Crippen molar-refractivity contribution in [1.29, 1.82) is 0 Å². The highest BCUT2D eigenvalue weighted by molar-refractivity contribution is 9.10. The molecule has 2 N–H and O–H groups in total. The van der Waals surface area contributed by atoms with E-state index in [1.165, 1.54) is 12.8 Å². The third-order valence-electron chi connectivity index (χ3n) is 4.71. The first-order valence-electron chi connectivity index (χ1n) is 8.10. The van der Waals surface area contributed by atoms with Crippen LogP contribution >= 0.6 is 15.9 Å². The molecule has 0 bridgehead atoms. The van der Waals surface area contributed by atoms with Gasteiger partial charge in [0.1, 0.15) is 11.9 Å². The molecule has 1 fully saturated rings. The summed E-state index contributed by atoms with van der Waals surface area (Å²) in [5.74, 6) is 3.05. The Kier molecular flexibility index (Phi) is 5.73. The molecule has 0 aliphatic heterocycles. The van der Waals surface area contributed by atoms with Crippen LogP contribution < -0.4 is 10.5 Å². The minimum absolute atomic E-state index is 0.0338. The van der Waals surface area contributed by atoms with Gasteiger partial charge in [-0.1, -0.05) is 49.2 Å². The van der Waals surface area contributed by atoms with Crippen LogP contribution in [0.1, 0.15) is 58.6 Å². The van der Waals surface area contributed by atoms with Crippen LogP contribution in [-0.4, -0.2) is 6.10 Å². The summed E-state index contributed by atoms with van der Waals surface area (Å²) < 4.78 is 7.39. The first kappa shape index (κ1) is 16.8. The predicted molar refractivity (Wildman–Crippen MR) is 92.5 cm³/mol. The van der Waals surface area contributed by atoms with Gasteiger partial charge in [0.05, 0.1) is 0 Å². The Hall–Kier alpha value is -0.540. The van der Waals surface area contributed by atoms with E-state index in [0.29, 0.717) is 17.9 Å². The van der Waals surface area contributed by atoms with E-state index in [2.05, 4.69) is 54.9 Å². The molecule has 21 heavy (non-hydrogen) atoms. The van der Waals surface area contributed by atoms with Gasteiger partial charge >= 0.3 is 0 Å². The third-order valence-corrected chi connectivity index (χ3v) is 5.40. The van der Waals surface area contributed by atoms with Crippen LogP contribution in [0.5, 0.6) is 5.75 Å². The summed E-state index contributed by atoms with van der Waals surface area (Å²) in [5, 5.41) is 0. The molecule has 1 aliphatic carbocycles. The van der Waals surface area contributed by atoms with Crippen LogP contribution in [0.15, 0.2) is 22.7 Å². The number of ether oxygens (including phenoxy) is 1. The lowest BCUT2D eigenvalue weighted by molar-refractivity contribution is 0.0459. The Balaban J connectivity index is 2.13. The van der Waals surface area contributed by atoms with E-state index in [-0.39, 0.29) is 6.04 Å². The van der Waals surface area contributed by atoms with E-state index < -0.39 is 0 Å². The molecule has 1 aliphatic rings. The van der Waals surface area contributed by atoms with Gasteiger partial charge in [-0.05, 0) is 55.2 Å². The second kappa shape index (κ2) is 7.15. The van der Waals surface area contributed by atoms with Crippen molar-refractivity contribution in [2.75, 3.05) is 0 Å². The van der Waals surface area contributed by atoms with Crippen molar-refractivity contribution in [2.45, 2.75) is 59.1 Å². The van der Waals surface area contributed by atoms with Crippen LogP contribution in [0, 0.1) is 17.8 Å². The van der Waals surface area contributed by atoms with Crippen LogP contribution in [0.3, 0.4) is 0 Å². The smallest absolute Gasteiger partial charge is 0.120 e. The lowest BCUT2D eigenvalue weighted by Crippen LogP contribution is -2.36. The van der Waals surface area contributed by atoms with Crippen molar-refractivity contribution in [3.05, 3.63) is 28.2 Å². The van der Waals surface area contributed by atoms with Crippen LogP contribution in [-0.2, 0) is 0 Å². The van der Waals surface area contributed by atoms with E-state index in [1.54, 1.807) is 0 Å². The number of hydrogen-bond donors (Lipinski definition) is 1. The monoisotopic (exact) mass is 353 g/mol. The largest absolute Gasteiger partial charge is 0.490 e. The van der Waals surface area contributed by atoms with Crippen molar-refractivity contribution in [2.24, 2.45) is 23.5 Å². The predicted octanol–water partition coefficient (Wildman–Crippen LogP) is 5.31. The quantitative estimate of drug-likeness (QED) is 0.795. The Bertz CT molecular complexity index is 472. The summed E-state index contributed by atoms with van der Waals surface area (Å²) in [7, 11) is 0. The second-order valence-electron chi connectivity index (χ2n) is 6.95. The molecule has 0 spiro atoms. The Labute approximate surface area is 137 Å². The highest BCUT2D eigenvalue weighted by atomic mass is 79.9. The fraction of sp³-hybridized carbons (Fsp3) is 0.667. The molecule has 3 heteroatoms. The molecule has 0 saturated heterocycles. The van der Waals surface area contributed by atoms with Gasteiger partial charge in [0.25, 0.3) is 0 Å². The van der Waals surface area contributed by atoms with Gasteiger partial charge in [-0.25, -0.2) is 0 Å². The topological polar surface area (TPSA) is 35.2 Å². The van der Waals surface area contributed by atoms with E-state index in [0.717, 1.165) is 28.1 Å².